The Morgan fingerprint density at radius 2 is 2.17 bits per heavy atom. The van der Waals surface area contributed by atoms with Crippen LogP contribution in [0, 0.1) is 0 Å². The van der Waals surface area contributed by atoms with E-state index in [-0.39, 0.29) is 43.4 Å². The van der Waals surface area contributed by atoms with E-state index in [4.69, 9.17) is 0 Å². The van der Waals surface area contributed by atoms with Crippen LogP contribution >= 0.6 is 12.4 Å². The van der Waals surface area contributed by atoms with Gasteiger partial charge in [0.25, 0.3) is 5.91 Å². The maximum absolute atomic E-state index is 12.3. The summed E-state index contributed by atoms with van der Waals surface area (Å²) in [5.74, 6) is -0.379. The predicted molar refractivity (Wildman–Crippen MR) is 91.0 cm³/mol. The summed E-state index contributed by atoms with van der Waals surface area (Å²) in [6.07, 6.45) is 2.03. The number of carbonyl (C=O) groups is 3. The van der Waals surface area contributed by atoms with Crippen molar-refractivity contribution in [3.8, 4) is 0 Å². The molecule has 0 aromatic heterocycles. The van der Waals surface area contributed by atoms with Crippen molar-refractivity contribution in [2.45, 2.75) is 25.4 Å². The van der Waals surface area contributed by atoms with Crippen LogP contribution in [0.15, 0.2) is 24.3 Å². The molecule has 8 heteroatoms. The van der Waals surface area contributed by atoms with E-state index in [9.17, 15) is 14.4 Å². The maximum Gasteiger partial charge on any atom is 0.324 e. The molecule has 0 bridgehead atoms. The van der Waals surface area contributed by atoms with Gasteiger partial charge in [-0.05, 0) is 37.1 Å². The Bertz CT molecular complexity index is 616. The lowest BCUT2D eigenvalue weighted by molar-refractivity contribution is -0.125. The molecule has 2 aliphatic heterocycles. The summed E-state index contributed by atoms with van der Waals surface area (Å²) in [7, 11) is 0. The van der Waals surface area contributed by atoms with E-state index < -0.39 is 6.03 Å². The maximum atomic E-state index is 12.3. The minimum Gasteiger partial charge on any atom is -0.348 e. The van der Waals surface area contributed by atoms with Crippen molar-refractivity contribution in [2.24, 2.45) is 0 Å². The van der Waals surface area contributed by atoms with E-state index in [1.54, 1.807) is 24.3 Å². The highest BCUT2D eigenvalue weighted by Crippen LogP contribution is 2.12. The van der Waals surface area contributed by atoms with E-state index in [0.29, 0.717) is 5.56 Å². The number of rotatable bonds is 4. The molecular weight excluding hydrogens is 332 g/mol. The van der Waals surface area contributed by atoms with E-state index in [0.717, 1.165) is 36.4 Å². The minimum absolute atomic E-state index is 0. The highest BCUT2D eigenvalue weighted by atomic mass is 35.5. The molecule has 2 aliphatic rings. The Hall–Kier alpha value is -2.12. The molecule has 0 unspecified atom stereocenters. The van der Waals surface area contributed by atoms with Gasteiger partial charge in [0.05, 0.1) is 13.1 Å². The van der Waals surface area contributed by atoms with Gasteiger partial charge in [-0.1, -0.05) is 12.1 Å². The molecule has 24 heavy (non-hydrogen) atoms. The molecule has 3 N–H and O–H groups in total. The Labute approximate surface area is 146 Å². The van der Waals surface area contributed by atoms with Gasteiger partial charge in [0.1, 0.15) is 0 Å². The fourth-order valence-corrected chi connectivity index (χ4v) is 2.85. The summed E-state index contributed by atoms with van der Waals surface area (Å²) in [5, 5.41) is 8.75. The second-order valence-corrected chi connectivity index (χ2v) is 5.86. The summed E-state index contributed by atoms with van der Waals surface area (Å²) in [4.78, 5) is 36.7. The molecule has 130 valence electrons. The van der Waals surface area contributed by atoms with Crippen LogP contribution in [0.2, 0.25) is 0 Å². The number of piperidine rings is 1. The molecule has 0 aliphatic carbocycles. The van der Waals surface area contributed by atoms with Gasteiger partial charge in [-0.3, -0.25) is 14.5 Å². The summed E-state index contributed by atoms with van der Waals surface area (Å²) in [5.41, 5.74) is 1.30. The van der Waals surface area contributed by atoms with Gasteiger partial charge in [0.15, 0.2) is 0 Å². The van der Waals surface area contributed by atoms with Gasteiger partial charge in [-0.2, -0.15) is 0 Å². The number of nitrogens with one attached hydrogen (secondary N) is 3. The van der Waals surface area contributed by atoms with Crippen molar-refractivity contribution in [3.05, 3.63) is 35.4 Å². The van der Waals surface area contributed by atoms with Crippen LogP contribution in [0.4, 0.5) is 4.79 Å². The minimum atomic E-state index is -0.391. The average molecular weight is 353 g/mol. The Kier molecular flexibility index (Phi) is 6.16. The van der Waals surface area contributed by atoms with Crippen molar-refractivity contribution >= 4 is 30.3 Å². The van der Waals surface area contributed by atoms with E-state index in [1.165, 1.54) is 0 Å². The highest BCUT2D eigenvalue weighted by Gasteiger charge is 2.28. The predicted octanol–water partition coefficient (Wildman–Crippen LogP) is 0.642. The molecule has 2 fully saturated rings. The molecule has 1 aromatic rings. The van der Waals surface area contributed by atoms with E-state index in [2.05, 4.69) is 16.0 Å². The van der Waals surface area contributed by atoms with Crippen LogP contribution < -0.4 is 16.0 Å². The molecule has 3 rings (SSSR count). The zero-order chi connectivity index (χ0) is 16.2. The van der Waals surface area contributed by atoms with Crippen LogP contribution in [0.25, 0.3) is 0 Å². The molecule has 1 aromatic carbocycles. The topological polar surface area (TPSA) is 90.5 Å². The SMILES string of the molecule is Cl.O=C(N[C@H]1CCCNC1)c1cccc(CN2C(=O)CNC2=O)c1. The van der Waals surface area contributed by atoms with Crippen LogP contribution in [0.1, 0.15) is 28.8 Å². The first kappa shape index (κ1) is 18.2. The fourth-order valence-electron chi connectivity index (χ4n) is 2.85. The zero-order valence-corrected chi connectivity index (χ0v) is 14.0. The van der Waals surface area contributed by atoms with Gasteiger partial charge in [-0.25, -0.2) is 4.79 Å². The van der Waals surface area contributed by atoms with E-state index in [1.807, 2.05) is 0 Å². The first-order chi connectivity index (χ1) is 11.1. The lowest BCUT2D eigenvalue weighted by atomic mass is 10.1. The van der Waals surface area contributed by atoms with Crippen molar-refractivity contribution in [1.29, 1.82) is 0 Å². The monoisotopic (exact) mass is 352 g/mol. The summed E-state index contributed by atoms with van der Waals surface area (Å²) >= 11 is 0. The van der Waals surface area contributed by atoms with Gasteiger partial charge in [-0.15, -0.1) is 12.4 Å². The van der Waals surface area contributed by atoms with Crippen molar-refractivity contribution in [2.75, 3.05) is 19.6 Å². The quantitative estimate of drug-likeness (QED) is 0.694. The first-order valence-corrected chi connectivity index (χ1v) is 7.82. The van der Waals surface area contributed by atoms with Crippen LogP contribution in [-0.4, -0.2) is 48.4 Å². The first-order valence-electron chi connectivity index (χ1n) is 7.82. The summed E-state index contributed by atoms with van der Waals surface area (Å²) in [6, 6.07) is 6.79. The largest absolute Gasteiger partial charge is 0.348 e. The van der Waals surface area contributed by atoms with Crippen molar-refractivity contribution in [3.63, 3.8) is 0 Å². The number of carbonyl (C=O) groups excluding carboxylic acids is 3. The molecular formula is C16H21ClN4O3. The number of urea groups is 1. The second-order valence-electron chi connectivity index (χ2n) is 5.86. The standard InChI is InChI=1S/C16H20N4O3.ClH/c21-14-9-18-16(23)20(14)10-11-3-1-4-12(7-11)15(22)19-13-5-2-6-17-8-13;/h1,3-4,7,13,17H,2,5-6,8-10H2,(H,18,23)(H,19,22);1H/t13-;/m0./s1. The number of benzene rings is 1. The number of halogens is 1. The number of hydrogen-bond donors (Lipinski definition) is 3. The Morgan fingerprint density at radius 1 is 1.33 bits per heavy atom. The number of imide groups is 1. The van der Waals surface area contributed by atoms with Crippen molar-refractivity contribution < 1.29 is 14.4 Å². The third kappa shape index (κ3) is 4.24. The smallest absolute Gasteiger partial charge is 0.324 e. The lowest BCUT2D eigenvalue weighted by Gasteiger charge is -2.24. The number of nitrogens with zero attached hydrogens (tertiary/aromatic N) is 1. The molecule has 1 atom stereocenters. The second kappa shape index (κ2) is 8.12. The Balaban J connectivity index is 0.00000208. The molecule has 2 saturated heterocycles. The summed E-state index contributed by atoms with van der Waals surface area (Å²) in [6.45, 7) is 1.99. The molecule has 2 heterocycles. The fraction of sp³-hybridized carbons (Fsp3) is 0.438. The molecule has 7 nitrogen and oxygen atoms in total. The third-order valence-electron chi connectivity index (χ3n) is 4.10. The third-order valence-corrected chi connectivity index (χ3v) is 4.10. The molecule has 0 radical (unpaired) electrons. The Morgan fingerprint density at radius 3 is 2.83 bits per heavy atom. The van der Waals surface area contributed by atoms with Crippen LogP contribution in [0.3, 0.4) is 0 Å². The molecule has 4 amide bonds. The van der Waals surface area contributed by atoms with Crippen LogP contribution in [0.5, 0.6) is 0 Å². The van der Waals surface area contributed by atoms with Crippen LogP contribution in [-0.2, 0) is 11.3 Å². The van der Waals surface area contributed by atoms with Gasteiger partial charge in [0, 0.05) is 18.2 Å². The normalized spacial score (nSPS) is 20.3. The van der Waals surface area contributed by atoms with Crippen molar-refractivity contribution in [1.82, 2.24) is 20.9 Å². The highest BCUT2D eigenvalue weighted by molar-refractivity contribution is 6.02. The number of hydrogen-bond acceptors (Lipinski definition) is 4. The average Bonchev–Trinajstić information content (AvgIpc) is 2.88. The van der Waals surface area contributed by atoms with Gasteiger partial charge >= 0.3 is 6.03 Å². The molecule has 0 spiro atoms. The van der Waals surface area contributed by atoms with Gasteiger partial charge < -0.3 is 16.0 Å². The number of amides is 4. The van der Waals surface area contributed by atoms with Gasteiger partial charge in [0.2, 0.25) is 5.91 Å². The lowest BCUT2D eigenvalue weighted by Crippen LogP contribution is -2.45. The summed E-state index contributed by atoms with van der Waals surface area (Å²) < 4.78 is 0. The zero-order valence-electron chi connectivity index (χ0n) is 13.2. The molecule has 0 saturated carbocycles. The van der Waals surface area contributed by atoms with E-state index >= 15 is 0 Å².